The van der Waals surface area contributed by atoms with E-state index in [1.54, 1.807) is 7.05 Å². The van der Waals surface area contributed by atoms with Crippen LogP contribution in [0.1, 0.15) is 25.7 Å². The van der Waals surface area contributed by atoms with Crippen LogP contribution in [0.3, 0.4) is 0 Å². The van der Waals surface area contributed by atoms with E-state index in [1.165, 1.54) is 12.8 Å². The third-order valence-electron chi connectivity index (χ3n) is 4.03. The zero-order valence-electron chi connectivity index (χ0n) is 10.8. The summed E-state index contributed by atoms with van der Waals surface area (Å²) in [5, 5.41) is 0. The summed E-state index contributed by atoms with van der Waals surface area (Å²) in [4.78, 5) is 21.0. The first kappa shape index (κ1) is 12.6. The second-order valence-electron chi connectivity index (χ2n) is 5.12. The Hall–Kier alpha value is -0.810. The Morgan fingerprint density at radius 3 is 2.59 bits per heavy atom. The van der Waals surface area contributed by atoms with Crippen LogP contribution in [0.25, 0.3) is 0 Å². The molecular weight excluding hydrogens is 218 g/mol. The van der Waals surface area contributed by atoms with Gasteiger partial charge < -0.3 is 14.6 Å². The van der Waals surface area contributed by atoms with Crippen LogP contribution >= 0.6 is 0 Å². The van der Waals surface area contributed by atoms with Gasteiger partial charge in [-0.25, -0.2) is 4.79 Å². The summed E-state index contributed by atoms with van der Waals surface area (Å²) in [6, 6.07) is 0.393. The highest BCUT2D eigenvalue weighted by atomic mass is 16.7. The number of amides is 1. The quantitative estimate of drug-likeness (QED) is 0.734. The third kappa shape index (κ3) is 2.90. The fourth-order valence-electron chi connectivity index (χ4n) is 3.07. The highest BCUT2D eigenvalue weighted by Gasteiger charge is 2.36. The molecule has 2 rings (SSSR count). The standard InChI is InChI=1S/C12H23N3O2/c1-13-17-12(16)15-7-3-4-11(15)10-5-8-14(2)9-6-10/h10-11,13H,3-9H2,1-2H3/t11-/m0/s1. The summed E-state index contributed by atoms with van der Waals surface area (Å²) in [5.41, 5.74) is 2.48. The Balaban J connectivity index is 1.92. The van der Waals surface area contributed by atoms with Crippen molar-refractivity contribution >= 4 is 6.09 Å². The number of nitrogens with one attached hydrogen (secondary N) is 1. The molecule has 0 bridgehead atoms. The molecule has 2 aliphatic rings. The lowest BCUT2D eigenvalue weighted by molar-refractivity contribution is 0.0473. The number of piperidine rings is 1. The van der Waals surface area contributed by atoms with Gasteiger partial charge in [0.05, 0.1) is 0 Å². The van der Waals surface area contributed by atoms with Crippen LogP contribution in [-0.4, -0.2) is 55.7 Å². The molecule has 2 aliphatic heterocycles. The summed E-state index contributed by atoms with van der Waals surface area (Å²) >= 11 is 0. The molecule has 2 heterocycles. The van der Waals surface area contributed by atoms with Gasteiger partial charge >= 0.3 is 6.09 Å². The van der Waals surface area contributed by atoms with E-state index in [9.17, 15) is 4.79 Å². The largest absolute Gasteiger partial charge is 0.428 e. The molecule has 0 aromatic rings. The lowest BCUT2D eigenvalue weighted by Crippen LogP contribution is -2.45. The number of rotatable bonds is 2. The summed E-state index contributed by atoms with van der Waals surface area (Å²) in [6.45, 7) is 3.14. The molecule has 5 nitrogen and oxygen atoms in total. The molecule has 1 N–H and O–H groups in total. The van der Waals surface area contributed by atoms with Gasteiger partial charge in [-0.05, 0) is 51.7 Å². The van der Waals surface area contributed by atoms with E-state index in [4.69, 9.17) is 4.84 Å². The molecule has 1 amide bonds. The Kier molecular flexibility index (Phi) is 4.23. The minimum Gasteiger partial charge on any atom is -0.354 e. The predicted molar refractivity (Wildman–Crippen MR) is 65.5 cm³/mol. The van der Waals surface area contributed by atoms with Gasteiger partial charge in [0, 0.05) is 19.6 Å². The van der Waals surface area contributed by atoms with Crippen molar-refractivity contribution < 1.29 is 9.63 Å². The van der Waals surface area contributed by atoms with E-state index in [0.717, 1.165) is 32.5 Å². The smallest absolute Gasteiger partial charge is 0.354 e. The summed E-state index contributed by atoms with van der Waals surface area (Å²) in [6.07, 6.45) is 4.42. The number of carbonyl (C=O) groups excluding carboxylic acids is 1. The van der Waals surface area contributed by atoms with Crippen LogP contribution in [0.4, 0.5) is 4.79 Å². The normalized spacial score (nSPS) is 27.4. The van der Waals surface area contributed by atoms with E-state index >= 15 is 0 Å². The summed E-state index contributed by atoms with van der Waals surface area (Å²) in [5.74, 6) is 0.651. The zero-order valence-corrected chi connectivity index (χ0v) is 10.8. The van der Waals surface area contributed by atoms with Crippen molar-refractivity contribution in [2.24, 2.45) is 5.92 Å². The fraction of sp³-hybridized carbons (Fsp3) is 0.917. The maximum atomic E-state index is 11.8. The SMILES string of the molecule is CNOC(=O)N1CCC[C@H]1C1CCN(C)CC1. The van der Waals surface area contributed by atoms with E-state index < -0.39 is 0 Å². The molecule has 0 radical (unpaired) electrons. The number of likely N-dealkylation sites (tertiary alicyclic amines) is 2. The second-order valence-corrected chi connectivity index (χ2v) is 5.12. The molecule has 0 saturated carbocycles. The van der Waals surface area contributed by atoms with Gasteiger partial charge in [-0.1, -0.05) is 0 Å². The maximum absolute atomic E-state index is 11.8. The van der Waals surface area contributed by atoms with Crippen LogP contribution in [0, 0.1) is 5.92 Å². The highest BCUT2D eigenvalue weighted by Crippen LogP contribution is 2.31. The van der Waals surface area contributed by atoms with Crippen molar-refractivity contribution in [2.75, 3.05) is 33.7 Å². The van der Waals surface area contributed by atoms with Crippen molar-refractivity contribution in [1.82, 2.24) is 15.3 Å². The molecule has 0 aromatic heterocycles. The minimum atomic E-state index is -0.214. The fourth-order valence-corrected chi connectivity index (χ4v) is 3.07. The average Bonchev–Trinajstić information content (AvgIpc) is 2.79. The van der Waals surface area contributed by atoms with Crippen molar-refractivity contribution in [1.29, 1.82) is 0 Å². The molecule has 5 heteroatoms. The lowest BCUT2D eigenvalue weighted by Gasteiger charge is -2.36. The van der Waals surface area contributed by atoms with Crippen molar-refractivity contribution in [2.45, 2.75) is 31.7 Å². The maximum Gasteiger partial charge on any atom is 0.428 e. The Labute approximate surface area is 103 Å². The molecule has 2 fully saturated rings. The van der Waals surface area contributed by atoms with Crippen LogP contribution in [0.5, 0.6) is 0 Å². The van der Waals surface area contributed by atoms with Crippen LogP contribution < -0.4 is 5.48 Å². The topological polar surface area (TPSA) is 44.8 Å². The third-order valence-corrected chi connectivity index (χ3v) is 4.03. The number of carbonyl (C=O) groups is 1. The van der Waals surface area contributed by atoms with Gasteiger partial charge in [-0.2, -0.15) is 5.48 Å². The number of nitrogens with zero attached hydrogens (tertiary/aromatic N) is 2. The highest BCUT2D eigenvalue weighted by molar-refractivity contribution is 5.68. The van der Waals surface area contributed by atoms with Crippen LogP contribution in [-0.2, 0) is 4.84 Å². The van der Waals surface area contributed by atoms with Gasteiger partial charge in [0.2, 0.25) is 0 Å². The van der Waals surface area contributed by atoms with Gasteiger partial charge in [-0.3, -0.25) is 0 Å². The van der Waals surface area contributed by atoms with Crippen molar-refractivity contribution in [3.63, 3.8) is 0 Å². The Morgan fingerprint density at radius 2 is 1.94 bits per heavy atom. The molecular formula is C12H23N3O2. The van der Waals surface area contributed by atoms with E-state index in [0.29, 0.717) is 12.0 Å². The molecule has 0 spiro atoms. The first-order valence-corrected chi connectivity index (χ1v) is 6.55. The van der Waals surface area contributed by atoms with Gasteiger partial charge in [0.25, 0.3) is 0 Å². The second kappa shape index (κ2) is 5.69. The number of hydroxylamine groups is 1. The number of hydrogen-bond donors (Lipinski definition) is 1. The molecule has 0 aromatic carbocycles. The first-order valence-electron chi connectivity index (χ1n) is 6.55. The summed E-state index contributed by atoms with van der Waals surface area (Å²) in [7, 11) is 3.79. The molecule has 2 saturated heterocycles. The minimum absolute atomic E-state index is 0.214. The van der Waals surface area contributed by atoms with Gasteiger partial charge in [-0.15, -0.1) is 0 Å². The van der Waals surface area contributed by atoms with E-state index in [2.05, 4.69) is 17.4 Å². The van der Waals surface area contributed by atoms with E-state index in [1.807, 2.05) is 4.90 Å². The Morgan fingerprint density at radius 1 is 1.24 bits per heavy atom. The average molecular weight is 241 g/mol. The van der Waals surface area contributed by atoms with Crippen molar-refractivity contribution in [3.8, 4) is 0 Å². The first-order chi connectivity index (χ1) is 8.22. The Bertz CT molecular complexity index is 264. The number of hydrogen-bond acceptors (Lipinski definition) is 4. The predicted octanol–water partition coefficient (Wildman–Crippen LogP) is 1.06. The molecule has 98 valence electrons. The molecule has 0 aliphatic carbocycles. The van der Waals surface area contributed by atoms with Gasteiger partial charge in [0.1, 0.15) is 0 Å². The molecule has 17 heavy (non-hydrogen) atoms. The summed E-state index contributed by atoms with van der Waals surface area (Å²) < 4.78 is 0. The van der Waals surface area contributed by atoms with Crippen molar-refractivity contribution in [3.05, 3.63) is 0 Å². The van der Waals surface area contributed by atoms with Gasteiger partial charge in [0.15, 0.2) is 0 Å². The van der Waals surface area contributed by atoms with Crippen LogP contribution in [0.15, 0.2) is 0 Å². The monoisotopic (exact) mass is 241 g/mol. The van der Waals surface area contributed by atoms with E-state index in [-0.39, 0.29) is 6.09 Å². The zero-order chi connectivity index (χ0) is 12.3. The van der Waals surface area contributed by atoms with Crippen LogP contribution in [0.2, 0.25) is 0 Å². The molecule has 0 unspecified atom stereocenters. The lowest BCUT2D eigenvalue weighted by atomic mass is 9.88. The molecule has 1 atom stereocenters.